The Morgan fingerprint density at radius 2 is 0.956 bits per heavy atom. The maximum atomic E-state index is 10.9. The van der Waals surface area contributed by atoms with Gasteiger partial charge in [0.15, 0.2) is 0 Å². The molecule has 0 saturated heterocycles. The van der Waals surface area contributed by atoms with Crippen LogP contribution < -0.4 is 88.7 Å². The van der Waals surface area contributed by atoms with E-state index in [-0.39, 0.29) is 103 Å². The molecule has 0 aliphatic heterocycles. The Morgan fingerprint density at radius 3 is 1.42 bits per heavy atom. The van der Waals surface area contributed by atoms with Gasteiger partial charge in [0.2, 0.25) is 0 Å². The largest absolute Gasteiger partial charge is 1.00 e. The molecule has 0 fully saturated rings. The molecule has 0 bridgehead atoms. The Morgan fingerprint density at radius 1 is 0.489 bits per heavy atom. The van der Waals surface area contributed by atoms with Crippen molar-refractivity contribution in [1.29, 1.82) is 0 Å². The van der Waals surface area contributed by atoms with Crippen molar-refractivity contribution < 1.29 is 128 Å². The Balaban J connectivity index is -0.000000569. The zero-order chi connectivity index (χ0) is 31.8. The van der Waals surface area contributed by atoms with Gasteiger partial charge in [-0.25, -0.2) is 25.3 Å². The third-order valence-electron chi connectivity index (χ3n) is 6.08. The van der Waals surface area contributed by atoms with Gasteiger partial charge in [-0.2, -0.15) is 0 Å². The fourth-order valence-electron chi connectivity index (χ4n) is 3.76. The second-order valence-corrected chi connectivity index (χ2v) is 13.7. The van der Waals surface area contributed by atoms with Gasteiger partial charge in [-0.3, -0.25) is 0 Å². The smallest absolute Gasteiger partial charge is 0.744 e. The van der Waals surface area contributed by atoms with Crippen LogP contribution in [0.5, 0.6) is 0 Å². The molecule has 0 N–H and O–H groups in total. The third-order valence-corrected chi connectivity index (χ3v) is 8.70. The summed E-state index contributed by atoms with van der Waals surface area (Å²) in [6.07, 6.45) is 8.49. The summed E-state index contributed by atoms with van der Waals surface area (Å²) in [7, 11) is -12.9. The molecule has 0 saturated carbocycles. The van der Waals surface area contributed by atoms with Gasteiger partial charge < -0.3 is 13.7 Å². The minimum Gasteiger partial charge on any atom is -0.744 e. The van der Waals surface area contributed by atoms with Crippen molar-refractivity contribution in [3.63, 3.8) is 0 Å². The van der Waals surface area contributed by atoms with Crippen LogP contribution in [0.4, 0.5) is 0 Å². The molecular formula is C30H39Na3O9S3. The van der Waals surface area contributed by atoms with Crippen LogP contribution in [-0.4, -0.2) is 38.9 Å². The fourth-order valence-corrected chi connectivity index (χ4v) is 5.51. The van der Waals surface area contributed by atoms with Crippen molar-refractivity contribution in [1.82, 2.24) is 0 Å². The summed E-state index contributed by atoms with van der Waals surface area (Å²) >= 11 is 0. The molecule has 0 unspecified atom stereocenters. The van der Waals surface area contributed by atoms with Crippen molar-refractivity contribution >= 4 is 30.4 Å². The summed E-state index contributed by atoms with van der Waals surface area (Å²) in [5, 5.41) is 0. The summed E-state index contributed by atoms with van der Waals surface area (Å²) in [5.74, 6) is 0. The second kappa shape index (κ2) is 25.4. The molecule has 0 spiro atoms. The van der Waals surface area contributed by atoms with Crippen LogP contribution in [0.1, 0.15) is 76.0 Å². The number of aryl methyl sites for hydroxylation is 3. The van der Waals surface area contributed by atoms with Crippen LogP contribution in [0.15, 0.2) is 87.5 Å². The standard InChI is InChI=1S/3C10H14O3S.3Na/c1-2-3-6-9-7-4-5-8-10(9)14(11,12)13;1-2-3-5-9-6-4-7-10(8-9)14(11,12)13;1-2-3-4-9-5-7-10(8-6-9)14(11,12)13;;;/h4-5,7-8H,2-3,6H2,1H3,(H,11,12,13);4,6-8H,2-3,5H2,1H3,(H,11,12,13);5-8H,2-4H2,1H3,(H,11,12,13);;;/q;;;3*+1/p-3. The molecule has 0 aliphatic rings. The summed E-state index contributed by atoms with van der Waals surface area (Å²) in [6, 6.07) is 18.7. The fraction of sp³-hybridized carbons (Fsp3) is 0.400. The van der Waals surface area contributed by atoms with Gasteiger partial charge >= 0.3 is 88.7 Å². The Kier molecular flexibility index (Phi) is 28.1. The van der Waals surface area contributed by atoms with Crippen molar-refractivity contribution in [3.05, 3.63) is 89.5 Å². The van der Waals surface area contributed by atoms with Gasteiger partial charge in [0.05, 0.1) is 14.7 Å². The number of hydrogen-bond acceptors (Lipinski definition) is 9. The predicted octanol–water partition coefficient (Wildman–Crippen LogP) is -3.19. The van der Waals surface area contributed by atoms with Crippen LogP contribution in [0.25, 0.3) is 0 Å². The minimum atomic E-state index is -4.31. The molecule has 3 aromatic carbocycles. The first kappa shape index (κ1) is 49.8. The van der Waals surface area contributed by atoms with Gasteiger partial charge in [0, 0.05) is 0 Å². The molecule has 0 aliphatic carbocycles. The van der Waals surface area contributed by atoms with Gasteiger partial charge in [-0.05, 0) is 85.5 Å². The van der Waals surface area contributed by atoms with E-state index < -0.39 is 30.4 Å². The maximum Gasteiger partial charge on any atom is 1.00 e. The molecule has 0 atom stereocenters. The van der Waals surface area contributed by atoms with Crippen LogP contribution in [0.2, 0.25) is 0 Å². The maximum absolute atomic E-state index is 10.9. The first-order valence-electron chi connectivity index (χ1n) is 13.8. The summed E-state index contributed by atoms with van der Waals surface area (Å²) in [6.45, 7) is 6.18. The molecule has 0 heterocycles. The number of hydrogen-bond donors (Lipinski definition) is 0. The first-order valence-corrected chi connectivity index (χ1v) is 18.0. The second-order valence-electron chi connectivity index (χ2n) is 9.57. The van der Waals surface area contributed by atoms with E-state index in [1.165, 1.54) is 30.3 Å². The average molecular weight is 709 g/mol. The Hall–Kier alpha value is 0.390. The SMILES string of the molecule is CCCCc1ccc(S(=O)(=O)[O-])cc1.CCCCc1cccc(S(=O)(=O)[O-])c1.CCCCc1ccccc1S(=O)(=O)[O-].[Na+].[Na+].[Na+]. The van der Waals surface area contributed by atoms with Crippen molar-refractivity contribution in [2.75, 3.05) is 0 Å². The molecule has 15 heteroatoms. The third kappa shape index (κ3) is 21.2. The van der Waals surface area contributed by atoms with Gasteiger partial charge in [-0.1, -0.05) is 82.5 Å². The molecule has 45 heavy (non-hydrogen) atoms. The zero-order valence-corrected chi connectivity index (χ0v) is 35.6. The van der Waals surface area contributed by atoms with Crippen LogP contribution in [0.3, 0.4) is 0 Å². The van der Waals surface area contributed by atoms with Crippen molar-refractivity contribution in [2.45, 2.75) is 93.2 Å². The van der Waals surface area contributed by atoms with E-state index in [1.54, 1.807) is 36.4 Å². The minimum absolute atomic E-state index is 0. The normalized spacial score (nSPS) is 10.8. The summed E-state index contributed by atoms with van der Waals surface area (Å²) in [4.78, 5) is -0.364. The molecule has 234 valence electrons. The van der Waals surface area contributed by atoms with Crippen LogP contribution in [-0.2, 0) is 49.6 Å². The van der Waals surface area contributed by atoms with Crippen molar-refractivity contribution in [2.24, 2.45) is 0 Å². The van der Waals surface area contributed by atoms with E-state index in [4.69, 9.17) is 0 Å². The molecule has 0 amide bonds. The molecule has 0 radical (unpaired) electrons. The van der Waals surface area contributed by atoms with Gasteiger partial charge in [0.1, 0.15) is 30.4 Å². The summed E-state index contributed by atoms with van der Waals surface area (Å²) < 4.78 is 96.5. The van der Waals surface area contributed by atoms with Gasteiger partial charge in [0.25, 0.3) is 0 Å². The zero-order valence-electron chi connectivity index (χ0n) is 27.2. The Labute approximate surface area is 336 Å². The van der Waals surface area contributed by atoms with E-state index in [1.807, 2.05) is 13.0 Å². The number of unbranched alkanes of at least 4 members (excludes halogenated alkanes) is 3. The van der Waals surface area contributed by atoms with E-state index in [0.717, 1.165) is 62.5 Å². The molecule has 9 nitrogen and oxygen atoms in total. The predicted molar refractivity (Wildman–Crippen MR) is 159 cm³/mol. The average Bonchev–Trinajstić information content (AvgIpc) is 2.93. The molecule has 0 aromatic heterocycles. The first-order chi connectivity index (χ1) is 19.6. The van der Waals surface area contributed by atoms with E-state index in [9.17, 15) is 38.9 Å². The quantitative estimate of drug-likeness (QED) is 0.139. The van der Waals surface area contributed by atoms with E-state index >= 15 is 0 Å². The van der Waals surface area contributed by atoms with Crippen LogP contribution in [0, 0.1) is 0 Å². The molecular weight excluding hydrogens is 669 g/mol. The monoisotopic (exact) mass is 708 g/mol. The van der Waals surface area contributed by atoms with E-state index in [2.05, 4.69) is 13.8 Å². The topological polar surface area (TPSA) is 172 Å². The summed E-state index contributed by atoms with van der Waals surface area (Å²) in [5.41, 5.74) is 2.60. The van der Waals surface area contributed by atoms with Crippen molar-refractivity contribution in [3.8, 4) is 0 Å². The molecule has 3 aromatic rings. The van der Waals surface area contributed by atoms with Crippen LogP contribution >= 0.6 is 0 Å². The number of benzene rings is 3. The number of rotatable bonds is 12. The van der Waals surface area contributed by atoms with Gasteiger partial charge in [-0.15, -0.1) is 0 Å². The van der Waals surface area contributed by atoms with E-state index in [0.29, 0.717) is 12.0 Å². The molecule has 3 rings (SSSR count). The Bertz CT molecular complexity index is 1560.